The number of carbonyl (C=O) groups excluding carboxylic acids is 2. The quantitative estimate of drug-likeness (QED) is 0.706. The molecular weight excluding hydrogens is 233 g/mol. The number of Topliss-reactive ketones (excluding diaryl/α,β-unsaturated/α-hetero) is 2. The third-order valence-corrected chi connectivity index (χ3v) is 2.33. The van der Waals surface area contributed by atoms with Crippen LogP contribution in [0.2, 0.25) is 0 Å². The molecule has 100 valence electrons. The first-order chi connectivity index (χ1) is 7.19. The van der Waals surface area contributed by atoms with Crippen molar-refractivity contribution < 1.29 is 22.8 Å². The molecule has 2 nitrogen and oxygen atoms in total. The van der Waals surface area contributed by atoms with Gasteiger partial charge in [-0.25, -0.2) is 0 Å². The fraction of sp³-hybridized carbons (Fsp3) is 0.833. The fourth-order valence-corrected chi connectivity index (χ4v) is 1.28. The van der Waals surface area contributed by atoms with E-state index in [1.165, 1.54) is 41.5 Å². The molecule has 0 radical (unpaired) electrons. The molecule has 0 heterocycles. The SMILES string of the molecule is CC(C)(C)C(=O)C(C(=O)C(C)(C)C)C(F)(F)F. The van der Waals surface area contributed by atoms with Gasteiger partial charge in [0, 0.05) is 10.8 Å². The Bertz CT molecular complexity index is 290. The van der Waals surface area contributed by atoms with Crippen molar-refractivity contribution in [2.75, 3.05) is 0 Å². The lowest BCUT2D eigenvalue weighted by Gasteiger charge is -2.29. The Morgan fingerprint density at radius 1 is 0.765 bits per heavy atom. The van der Waals surface area contributed by atoms with E-state index in [0.29, 0.717) is 0 Å². The van der Waals surface area contributed by atoms with Gasteiger partial charge in [0.05, 0.1) is 0 Å². The van der Waals surface area contributed by atoms with Crippen LogP contribution in [0.25, 0.3) is 0 Å². The van der Waals surface area contributed by atoms with Crippen LogP contribution in [0.1, 0.15) is 41.5 Å². The molecule has 0 aromatic carbocycles. The molecule has 0 aliphatic heterocycles. The fourth-order valence-electron chi connectivity index (χ4n) is 1.28. The summed E-state index contributed by atoms with van der Waals surface area (Å²) in [5.41, 5.74) is -2.39. The van der Waals surface area contributed by atoms with Gasteiger partial charge in [-0.2, -0.15) is 13.2 Å². The van der Waals surface area contributed by atoms with Gasteiger partial charge in [-0.05, 0) is 0 Å². The molecule has 0 aromatic rings. The van der Waals surface area contributed by atoms with Gasteiger partial charge in [-0.3, -0.25) is 9.59 Å². The molecule has 0 bridgehead atoms. The van der Waals surface area contributed by atoms with Gasteiger partial charge in [-0.15, -0.1) is 0 Å². The Balaban J connectivity index is 5.50. The molecule has 0 aromatic heterocycles. The maximum absolute atomic E-state index is 12.8. The molecule has 0 fully saturated rings. The van der Waals surface area contributed by atoms with Crippen molar-refractivity contribution in [3.8, 4) is 0 Å². The Kier molecular flexibility index (Phi) is 4.20. The molecule has 0 N–H and O–H groups in total. The van der Waals surface area contributed by atoms with Crippen molar-refractivity contribution >= 4 is 11.6 Å². The van der Waals surface area contributed by atoms with Gasteiger partial charge < -0.3 is 0 Å². The summed E-state index contributed by atoms with van der Waals surface area (Å²) in [5, 5.41) is 0. The lowest BCUT2D eigenvalue weighted by Crippen LogP contribution is -2.47. The third kappa shape index (κ3) is 4.13. The monoisotopic (exact) mass is 252 g/mol. The minimum atomic E-state index is -4.82. The van der Waals surface area contributed by atoms with Gasteiger partial charge in [0.2, 0.25) is 0 Å². The van der Waals surface area contributed by atoms with E-state index in [0.717, 1.165) is 0 Å². The third-order valence-electron chi connectivity index (χ3n) is 2.33. The van der Waals surface area contributed by atoms with Crippen molar-refractivity contribution in [1.29, 1.82) is 0 Å². The van der Waals surface area contributed by atoms with Crippen molar-refractivity contribution in [3.63, 3.8) is 0 Å². The van der Waals surface area contributed by atoms with Crippen LogP contribution in [0.3, 0.4) is 0 Å². The number of hydrogen-bond donors (Lipinski definition) is 0. The molecule has 0 amide bonds. The first-order valence-corrected chi connectivity index (χ1v) is 5.34. The molecule has 5 heteroatoms. The summed E-state index contributed by atoms with van der Waals surface area (Å²) in [6.07, 6.45) is -4.82. The molecule has 0 aliphatic rings. The predicted octanol–water partition coefficient (Wildman–Crippen LogP) is 3.40. The molecular formula is C12H19F3O2. The predicted molar refractivity (Wildman–Crippen MR) is 58.5 cm³/mol. The first kappa shape index (κ1) is 16.1. The van der Waals surface area contributed by atoms with E-state index >= 15 is 0 Å². The number of ketones is 2. The van der Waals surface area contributed by atoms with Crippen LogP contribution in [0.4, 0.5) is 13.2 Å². The second kappa shape index (κ2) is 4.42. The highest BCUT2D eigenvalue weighted by atomic mass is 19.4. The lowest BCUT2D eigenvalue weighted by molar-refractivity contribution is -0.192. The molecule has 0 atom stereocenters. The molecule has 0 rings (SSSR count). The van der Waals surface area contributed by atoms with Crippen LogP contribution in [0.15, 0.2) is 0 Å². The summed E-state index contributed by atoms with van der Waals surface area (Å²) < 4.78 is 38.5. The summed E-state index contributed by atoms with van der Waals surface area (Å²) in [6.45, 7) is 8.27. The molecule has 0 unspecified atom stereocenters. The Labute approximate surface area is 99.6 Å². The molecule has 0 spiro atoms. The second-order valence-electron chi connectivity index (χ2n) is 6.20. The number of rotatable bonds is 2. The van der Waals surface area contributed by atoms with E-state index < -0.39 is 34.5 Å². The van der Waals surface area contributed by atoms with Crippen LogP contribution < -0.4 is 0 Å². The largest absolute Gasteiger partial charge is 0.405 e. The minimum absolute atomic E-state index is 1.08. The number of carbonyl (C=O) groups is 2. The van der Waals surface area contributed by atoms with E-state index in [1.54, 1.807) is 0 Å². The second-order valence-corrected chi connectivity index (χ2v) is 6.20. The summed E-state index contributed by atoms with van der Waals surface area (Å²) in [4.78, 5) is 23.5. The summed E-state index contributed by atoms with van der Waals surface area (Å²) in [6, 6.07) is 0. The molecule has 0 saturated heterocycles. The molecule has 0 saturated carbocycles. The topological polar surface area (TPSA) is 34.1 Å². The normalized spacial score (nSPS) is 14.0. The number of halogens is 3. The highest BCUT2D eigenvalue weighted by Crippen LogP contribution is 2.37. The average molecular weight is 252 g/mol. The highest BCUT2D eigenvalue weighted by molar-refractivity contribution is 6.07. The minimum Gasteiger partial charge on any atom is -0.298 e. The zero-order chi connectivity index (χ0) is 14.2. The van der Waals surface area contributed by atoms with E-state index in [9.17, 15) is 22.8 Å². The Morgan fingerprint density at radius 3 is 1.12 bits per heavy atom. The molecule has 17 heavy (non-hydrogen) atoms. The van der Waals surface area contributed by atoms with Crippen molar-refractivity contribution in [2.24, 2.45) is 16.7 Å². The van der Waals surface area contributed by atoms with Gasteiger partial charge in [0.25, 0.3) is 0 Å². The summed E-state index contributed by atoms with van der Waals surface area (Å²) in [5.74, 6) is -4.68. The average Bonchev–Trinajstić information content (AvgIpc) is 1.97. The zero-order valence-corrected chi connectivity index (χ0v) is 11.0. The standard InChI is InChI=1S/C12H19F3O2/c1-10(2,3)8(16)7(12(13,14)15)9(17)11(4,5)6/h7H,1-6H3. The van der Waals surface area contributed by atoms with Crippen LogP contribution >= 0.6 is 0 Å². The van der Waals surface area contributed by atoms with Crippen molar-refractivity contribution in [2.45, 2.75) is 47.7 Å². The number of hydrogen-bond acceptors (Lipinski definition) is 2. The smallest absolute Gasteiger partial charge is 0.298 e. The van der Waals surface area contributed by atoms with E-state index in [-0.39, 0.29) is 0 Å². The highest BCUT2D eigenvalue weighted by Gasteiger charge is 2.54. The lowest BCUT2D eigenvalue weighted by atomic mass is 9.74. The summed E-state index contributed by atoms with van der Waals surface area (Å²) in [7, 11) is 0. The van der Waals surface area contributed by atoms with E-state index in [4.69, 9.17) is 0 Å². The zero-order valence-electron chi connectivity index (χ0n) is 11.0. The van der Waals surface area contributed by atoms with Crippen molar-refractivity contribution in [3.05, 3.63) is 0 Å². The van der Waals surface area contributed by atoms with Gasteiger partial charge in [0.1, 0.15) is 0 Å². The summed E-state index contributed by atoms with van der Waals surface area (Å²) >= 11 is 0. The maximum Gasteiger partial charge on any atom is 0.405 e. The maximum atomic E-state index is 12.8. The van der Waals surface area contributed by atoms with Crippen LogP contribution in [0, 0.1) is 16.7 Å². The van der Waals surface area contributed by atoms with Crippen LogP contribution in [-0.2, 0) is 9.59 Å². The van der Waals surface area contributed by atoms with E-state index in [1.807, 2.05) is 0 Å². The van der Waals surface area contributed by atoms with Crippen LogP contribution in [-0.4, -0.2) is 17.7 Å². The Morgan fingerprint density at radius 2 is 1.00 bits per heavy atom. The van der Waals surface area contributed by atoms with Crippen molar-refractivity contribution in [1.82, 2.24) is 0 Å². The van der Waals surface area contributed by atoms with E-state index in [2.05, 4.69) is 0 Å². The first-order valence-electron chi connectivity index (χ1n) is 5.34. The molecule has 0 aliphatic carbocycles. The van der Waals surface area contributed by atoms with Gasteiger partial charge >= 0.3 is 6.18 Å². The van der Waals surface area contributed by atoms with Gasteiger partial charge in [-0.1, -0.05) is 41.5 Å². The van der Waals surface area contributed by atoms with Crippen LogP contribution in [0.5, 0.6) is 0 Å². The van der Waals surface area contributed by atoms with Gasteiger partial charge in [0.15, 0.2) is 17.5 Å². The Hall–Kier alpha value is -0.870. The number of alkyl halides is 3.